The smallest absolute Gasteiger partial charge is 0.393 e. The molecule has 3 heterocycles. The Kier molecular flexibility index (Phi) is 18.9. The number of fused-ring (bicyclic) bond motifs is 1. The number of aliphatic hydroxyl groups is 3. The van der Waals surface area contributed by atoms with Gasteiger partial charge in [0, 0.05) is 30.7 Å². The number of unbranched alkanes of at least 4 members (excludes halogenated alkanes) is 2. The summed E-state index contributed by atoms with van der Waals surface area (Å²) in [5.74, 6) is 0.0514. The zero-order chi connectivity index (χ0) is 42.6. The predicted octanol–water partition coefficient (Wildman–Crippen LogP) is 0.469. The number of phosphoric ester groups is 3. The lowest BCUT2D eigenvalue weighted by Crippen LogP contribution is -2.46. The van der Waals surface area contributed by atoms with Gasteiger partial charge in [-0.05, 0) is 18.6 Å². The maximum Gasteiger partial charge on any atom is 0.481 e. The van der Waals surface area contributed by atoms with E-state index in [2.05, 4.69) is 41.3 Å². The molecule has 0 aromatic carbocycles. The highest BCUT2D eigenvalue weighted by molar-refractivity contribution is 7.99. The molecule has 0 saturated carbocycles. The van der Waals surface area contributed by atoms with Crippen molar-refractivity contribution in [1.82, 2.24) is 30.2 Å². The lowest BCUT2D eigenvalue weighted by Gasteiger charge is -2.30. The fourth-order valence-corrected chi connectivity index (χ4v) is 9.02. The molecule has 0 bridgehead atoms. The van der Waals surface area contributed by atoms with Gasteiger partial charge in [-0.1, -0.05) is 40.0 Å². The number of ether oxygens (including phenoxy) is 1. The standard InChI is InChI=1S/C29H52N7O17P3S/c1-4-5-6-7-18(37)9-12-57-13-11-31-20(38)8-10-32-27(41)24(40)29(2,3)15-50-56(47,48)53-55(45,46)49-14-19-23(52-54(42,43)44)22(39)28(51-19)36-17-35-21-25(30)33-16-34-26(21)36/h16-19,22-24,28,37,39-40H,4-15H2,1-3H3,(H,31,38)(H,32,41)(H,45,46)(H,47,48)(H2,30,33,34)(H2,42,43,44)/t18-,19-,22-,23-,24+,28-/m1/s1. The van der Waals surface area contributed by atoms with E-state index in [-0.39, 0.29) is 42.0 Å². The van der Waals surface area contributed by atoms with Crippen LogP contribution in [0.3, 0.4) is 0 Å². The average Bonchev–Trinajstić information content (AvgIpc) is 3.67. The second kappa shape index (κ2) is 21.9. The molecule has 2 aromatic rings. The molecule has 0 aliphatic carbocycles. The summed E-state index contributed by atoms with van der Waals surface area (Å²) >= 11 is 1.59. The van der Waals surface area contributed by atoms with E-state index in [1.54, 1.807) is 11.8 Å². The third-order valence-corrected chi connectivity index (χ3v) is 12.5. The molecule has 28 heteroatoms. The number of hydrogen-bond donors (Lipinski definition) is 10. The van der Waals surface area contributed by atoms with Crippen LogP contribution < -0.4 is 16.4 Å². The van der Waals surface area contributed by atoms with E-state index in [0.29, 0.717) is 18.7 Å². The molecule has 0 radical (unpaired) electrons. The second-order valence-corrected chi connectivity index (χ2v) is 19.1. The summed E-state index contributed by atoms with van der Waals surface area (Å²) in [6.45, 7) is 2.88. The van der Waals surface area contributed by atoms with Gasteiger partial charge < -0.3 is 56.0 Å². The molecular weight excluding hydrogens is 843 g/mol. The van der Waals surface area contributed by atoms with Crippen molar-refractivity contribution in [3.8, 4) is 0 Å². The minimum absolute atomic E-state index is 0.0356. The Morgan fingerprint density at radius 3 is 2.40 bits per heavy atom. The molecule has 1 fully saturated rings. The summed E-state index contributed by atoms with van der Waals surface area (Å²) < 4.78 is 62.2. The van der Waals surface area contributed by atoms with Crippen molar-refractivity contribution in [2.24, 2.45) is 5.41 Å². The van der Waals surface area contributed by atoms with Gasteiger partial charge in [-0.2, -0.15) is 16.1 Å². The summed E-state index contributed by atoms with van der Waals surface area (Å²) in [5, 5.41) is 36.5. The van der Waals surface area contributed by atoms with E-state index in [1.807, 2.05) is 0 Å². The molecule has 1 saturated heterocycles. The lowest BCUT2D eigenvalue weighted by atomic mass is 9.87. The number of nitrogen functional groups attached to an aromatic ring is 1. The first-order chi connectivity index (χ1) is 26.6. The zero-order valence-electron chi connectivity index (χ0n) is 31.4. The first-order valence-electron chi connectivity index (χ1n) is 17.7. The number of hydrogen-bond acceptors (Lipinski definition) is 18. The van der Waals surface area contributed by atoms with Gasteiger partial charge in [0.05, 0.1) is 25.6 Å². The number of nitrogens with zero attached hydrogens (tertiary/aromatic N) is 4. The molecular formula is C29H52N7O17P3S. The minimum atomic E-state index is -5.56. The first-order valence-corrected chi connectivity index (χ1v) is 23.4. The van der Waals surface area contributed by atoms with Crippen LogP contribution in [0.2, 0.25) is 0 Å². The number of aromatic nitrogens is 4. The SMILES string of the molecule is CCCCC[C@@H](O)CCSCCNC(=O)CCNC(=O)[C@H](O)C(C)(C)COP(=O)(O)OP(=O)(O)OC[C@H]1O[C@@H](n2cnc3c(N)ncnc32)[C@H](O)[C@@H]1OP(=O)(O)O. The number of thioether (sulfide) groups is 1. The van der Waals surface area contributed by atoms with E-state index < -0.39 is 78.6 Å². The van der Waals surface area contributed by atoms with Crippen molar-refractivity contribution in [2.75, 3.05) is 43.5 Å². The maximum atomic E-state index is 12.7. The Morgan fingerprint density at radius 2 is 1.72 bits per heavy atom. The number of imidazole rings is 1. The summed E-state index contributed by atoms with van der Waals surface area (Å²) in [6, 6.07) is 0. The second-order valence-electron chi connectivity index (χ2n) is 13.6. The van der Waals surface area contributed by atoms with Gasteiger partial charge in [-0.15, -0.1) is 0 Å². The number of rotatable bonds is 26. The van der Waals surface area contributed by atoms with Crippen molar-refractivity contribution in [3.05, 3.63) is 12.7 Å². The van der Waals surface area contributed by atoms with E-state index in [0.717, 1.165) is 48.7 Å². The molecule has 3 rings (SSSR count). The number of carbonyl (C=O) groups excluding carboxylic acids is 2. The van der Waals surface area contributed by atoms with Crippen LogP contribution >= 0.6 is 35.2 Å². The molecule has 2 unspecified atom stereocenters. The van der Waals surface area contributed by atoms with Crippen LogP contribution in [0.5, 0.6) is 0 Å². The van der Waals surface area contributed by atoms with Crippen LogP contribution in [0.25, 0.3) is 11.2 Å². The van der Waals surface area contributed by atoms with Crippen LogP contribution in [0, 0.1) is 5.41 Å². The van der Waals surface area contributed by atoms with Crippen molar-refractivity contribution >= 4 is 64.0 Å². The summed E-state index contributed by atoms with van der Waals surface area (Å²) in [4.78, 5) is 75.7. The quantitative estimate of drug-likeness (QED) is 0.0453. The molecule has 326 valence electrons. The highest BCUT2D eigenvalue weighted by atomic mass is 32.2. The van der Waals surface area contributed by atoms with Crippen molar-refractivity contribution in [2.45, 2.75) is 96.0 Å². The van der Waals surface area contributed by atoms with Crippen molar-refractivity contribution in [1.29, 1.82) is 0 Å². The Labute approximate surface area is 332 Å². The Balaban J connectivity index is 1.44. The van der Waals surface area contributed by atoms with Crippen LogP contribution in [0.1, 0.15) is 65.5 Å². The number of amides is 2. The van der Waals surface area contributed by atoms with Gasteiger partial charge in [-0.25, -0.2) is 28.6 Å². The number of anilines is 1. The number of nitrogens with two attached hydrogens (primary N) is 1. The topological polar surface area (TPSA) is 367 Å². The number of carbonyl (C=O) groups is 2. The average molecular weight is 896 g/mol. The van der Waals surface area contributed by atoms with Crippen LogP contribution in [-0.4, -0.2) is 135 Å². The van der Waals surface area contributed by atoms with E-state index in [4.69, 9.17) is 19.5 Å². The van der Waals surface area contributed by atoms with Gasteiger partial charge in [0.15, 0.2) is 17.7 Å². The monoisotopic (exact) mass is 895 g/mol. The van der Waals surface area contributed by atoms with E-state index >= 15 is 0 Å². The third-order valence-electron chi connectivity index (χ3n) is 8.38. The van der Waals surface area contributed by atoms with Gasteiger partial charge in [0.25, 0.3) is 0 Å². The van der Waals surface area contributed by atoms with Gasteiger partial charge >= 0.3 is 23.5 Å². The largest absolute Gasteiger partial charge is 0.481 e. The van der Waals surface area contributed by atoms with Crippen molar-refractivity contribution in [3.63, 3.8) is 0 Å². The molecule has 1 aliphatic heterocycles. The molecule has 2 amide bonds. The van der Waals surface area contributed by atoms with Gasteiger partial charge in [-0.3, -0.25) is 27.7 Å². The van der Waals surface area contributed by atoms with Crippen LogP contribution in [-0.2, 0) is 45.9 Å². The van der Waals surface area contributed by atoms with Crippen LogP contribution in [0.4, 0.5) is 5.82 Å². The summed E-state index contributed by atoms with van der Waals surface area (Å²) in [5.41, 5.74) is 4.30. The van der Waals surface area contributed by atoms with Crippen LogP contribution in [0.15, 0.2) is 12.7 Å². The molecule has 8 atom stereocenters. The van der Waals surface area contributed by atoms with E-state index in [9.17, 15) is 58.2 Å². The fraction of sp³-hybridized carbons (Fsp3) is 0.759. The first kappa shape index (κ1) is 49.2. The molecule has 11 N–H and O–H groups in total. The summed E-state index contributed by atoms with van der Waals surface area (Å²) in [6.07, 6.45) is -2.52. The normalized spacial score (nSPS) is 22.1. The molecule has 57 heavy (non-hydrogen) atoms. The van der Waals surface area contributed by atoms with Gasteiger partial charge in [0.2, 0.25) is 11.8 Å². The molecule has 1 aliphatic rings. The van der Waals surface area contributed by atoms with Crippen molar-refractivity contribution < 1.29 is 80.8 Å². The number of aliphatic hydroxyl groups excluding tert-OH is 3. The predicted molar refractivity (Wildman–Crippen MR) is 202 cm³/mol. The number of phosphoric acid groups is 3. The number of nitrogens with one attached hydrogen (secondary N) is 2. The Bertz CT molecular complexity index is 1770. The van der Waals surface area contributed by atoms with Gasteiger partial charge in [0.1, 0.15) is 36.3 Å². The Morgan fingerprint density at radius 1 is 1.02 bits per heavy atom. The Hall–Kier alpha value is -2.15. The third kappa shape index (κ3) is 16.1. The molecule has 0 spiro atoms. The molecule has 24 nitrogen and oxygen atoms in total. The molecule has 2 aromatic heterocycles. The highest BCUT2D eigenvalue weighted by Crippen LogP contribution is 2.61. The maximum absolute atomic E-state index is 12.7. The minimum Gasteiger partial charge on any atom is -0.393 e. The fourth-order valence-electron chi connectivity index (χ4n) is 5.30. The van der Waals surface area contributed by atoms with E-state index in [1.165, 1.54) is 13.8 Å². The zero-order valence-corrected chi connectivity index (χ0v) is 34.9. The highest BCUT2D eigenvalue weighted by Gasteiger charge is 2.50. The lowest BCUT2D eigenvalue weighted by molar-refractivity contribution is -0.137. The summed E-state index contributed by atoms with van der Waals surface area (Å²) in [7, 11) is -16.4.